The lowest BCUT2D eigenvalue weighted by molar-refractivity contribution is -0.127. The molecule has 1 aliphatic rings. The molecule has 0 atom stereocenters. The van der Waals surface area contributed by atoms with Crippen molar-refractivity contribution < 1.29 is 9.59 Å². The molecule has 0 bridgehead atoms. The van der Waals surface area contributed by atoms with Crippen molar-refractivity contribution in [3.8, 4) is 0 Å². The maximum absolute atomic E-state index is 12.0. The Kier molecular flexibility index (Phi) is 4.98. The molecule has 0 aliphatic carbocycles. The van der Waals surface area contributed by atoms with E-state index >= 15 is 0 Å². The van der Waals surface area contributed by atoms with Crippen LogP contribution in [0.5, 0.6) is 0 Å². The highest BCUT2D eigenvalue weighted by atomic mass is 16.2. The van der Waals surface area contributed by atoms with E-state index in [-0.39, 0.29) is 11.8 Å². The third-order valence-corrected chi connectivity index (χ3v) is 4.09. The number of likely N-dealkylation sites (tertiary alicyclic amines) is 1. The van der Waals surface area contributed by atoms with Gasteiger partial charge in [-0.3, -0.25) is 14.3 Å². The second-order valence-electron chi connectivity index (χ2n) is 5.64. The molecular formula is C15H24N4O2. The molecule has 1 N–H and O–H groups in total. The molecule has 1 aromatic rings. The maximum Gasteiger partial charge on any atom is 0.224 e. The Morgan fingerprint density at radius 1 is 1.38 bits per heavy atom. The van der Waals surface area contributed by atoms with Gasteiger partial charge in [0.1, 0.15) is 0 Å². The molecule has 2 heterocycles. The number of nitrogens with one attached hydrogen (secondary N) is 1. The Hall–Kier alpha value is -1.85. The lowest BCUT2D eigenvalue weighted by Crippen LogP contribution is -2.31. The topological polar surface area (TPSA) is 67.2 Å². The van der Waals surface area contributed by atoms with Gasteiger partial charge in [0.2, 0.25) is 11.8 Å². The van der Waals surface area contributed by atoms with Crippen LogP contribution in [-0.4, -0.2) is 46.1 Å². The Labute approximate surface area is 125 Å². The molecule has 0 unspecified atom stereocenters. The predicted octanol–water partition coefficient (Wildman–Crippen LogP) is 0.708. The van der Waals surface area contributed by atoms with Crippen molar-refractivity contribution in [1.29, 1.82) is 0 Å². The highest BCUT2D eigenvalue weighted by Gasteiger charge is 2.19. The van der Waals surface area contributed by atoms with Gasteiger partial charge in [-0.25, -0.2) is 0 Å². The number of nitrogens with zero attached hydrogens (tertiary/aromatic N) is 3. The number of hydrogen-bond donors (Lipinski definition) is 1. The van der Waals surface area contributed by atoms with Crippen molar-refractivity contribution in [3.05, 3.63) is 17.0 Å². The van der Waals surface area contributed by atoms with Crippen LogP contribution in [-0.2, 0) is 23.1 Å². The normalized spacial score (nSPS) is 14.8. The Morgan fingerprint density at radius 2 is 2.14 bits per heavy atom. The Balaban J connectivity index is 1.71. The van der Waals surface area contributed by atoms with Gasteiger partial charge in [-0.15, -0.1) is 0 Å². The Bertz CT molecular complexity index is 536. The van der Waals surface area contributed by atoms with Gasteiger partial charge in [0.05, 0.1) is 12.1 Å². The molecule has 0 saturated carbocycles. The van der Waals surface area contributed by atoms with Crippen LogP contribution in [0.3, 0.4) is 0 Å². The first kappa shape index (κ1) is 15.5. The molecule has 1 saturated heterocycles. The molecule has 0 spiro atoms. The summed E-state index contributed by atoms with van der Waals surface area (Å²) in [6.07, 6.45) is 2.81. The zero-order valence-electron chi connectivity index (χ0n) is 13.1. The summed E-state index contributed by atoms with van der Waals surface area (Å²) in [5.41, 5.74) is 2.95. The van der Waals surface area contributed by atoms with Crippen molar-refractivity contribution in [3.63, 3.8) is 0 Å². The van der Waals surface area contributed by atoms with E-state index in [2.05, 4.69) is 10.4 Å². The summed E-state index contributed by atoms with van der Waals surface area (Å²) in [6.45, 7) is 6.11. The van der Waals surface area contributed by atoms with Crippen LogP contribution in [0.2, 0.25) is 0 Å². The number of aromatic nitrogens is 2. The van der Waals surface area contributed by atoms with Gasteiger partial charge in [0.25, 0.3) is 0 Å². The summed E-state index contributed by atoms with van der Waals surface area (Å²) in [7, 11) is 1.89. The quantitative estimate of drug-likeness (QED) is 0.785. The maximum atomic E-state index is 12.0. The smallest absolute Gasteiger partial charge is 0.224 e. The molecule has 6 nitrogen and oxygen atoms in total. The van der Waals surface area contributed by atoms with Crippen molar-refractivity contribution >= 4 is 11.8 Å². The minimum absolute atomic E-state index is 0.0157. The fourth-order valence-electron chi connectivity index (χ4n) is 2.73. The zero-order valence-corrected chi connectivity index (χ0v) is 13.1. The Morgan fingerprint density at radius 3 is 2.71 bits per heavy atom. The second kappa shape index (κ2) is 6.74. The predicted molar refractivity (Wildman–Crippen MR) is 79.8 cm³/mol. The van der Waals surface area contributed by atoms with Gasteiger partial charge in [0.15, 0.2) is 0 Å². The molecule has 6 heteroatoms. The lowest BCUT2D eigenvalue weighted by atomic mass is 10.1. The fraction of sp³-hybridized carbons (Fsp3) is 0.667. The van der Waals surface area contributed by atoms with Crippen LogP contribution in [0, 0.1) is 13.8 Å². The summed E-state index contributed by atoms with van der Waals surface area (Å²) in [4.78, 5) is 25.3. The molecule has 0 radical (unpaired) electrons. The molecular weight excluding hydrogens is 268 g/mol. The van der Waals surface area contributed by atoms with Crippen LogP contribution in [0.4, 0.5) is 0 Å². The van der Waals surface area contributed by atoms with Crippen LogP contribution in [0.15, 0.2) is 0 Å². The summed E-state index contributed by atoms with van der Waals surface area (Å²) in [5.74, 6) is 0.255. The fourth-order valence-corrected chi connectivity index (χ4v) is 2.73. The standard InChI is InChI=1S/C15H24N4O2/c1-11-13(12(2)18(3)17-11)10-14(20)16-7-5-9-19-8-4-6-15(19)21/h4-10H2,1-3H3,(H,16,20). The number of aryl methyl sites for hydroxylation is 2. The largest absolute Gasteiger partial charge is 0.356 e. The van der Waals surface area contributed by atoms with E-state index in [0.29, 0.717) is 19.4 Å². The number of hydrogen-bond acceptors (Lipinski definition) is 3. The summed E-state index contributed by atoms with van der Waals surface area (Å²) >= 11 is 0. The van der Waals surface area contributed by atoms with Crippen LogP contribution in [0.1, 0.15) is 36.2 Å². The van der Waals surface area contributed by atoms with Crippen molar-refractivity contribution in [2.45, 2.75) is 39.5 Å². The van der Waals surface area contributed by atoms with E-state index in [4.69, 9.17) is 0 Å². The lowest BCUT2D eigenvalue weighted by Gasteiger charge is -2.15. The molecule has 116 valence electrons. The molecule has 1 aliphatic heterocycles. The third kappa shape index (κ3) is 3.83. The highest BCUT2D eigenvalue weighted by molar-refractivity contribution is 5.79. The van der Waals surface area contributed by atoms with Gasteiger partial charge in [-0.05, 0) is 26.7 Å². The van der Waals surface area contributed by atoms with Crippen molar-refractivity contribution in [2.75, 3.05) is 19.6 Å². The molecule has 1 aromatic heterocycles. The summed E-state index contributed by atoms with van der Waals surface area (Å²) in [5, 5.41) is 7.23. The van der Waals surface area contributed by atoms with Crippen LogP contribution < -0.4 is 5.32 Å². The average molecular weight is 292 g/mol. The van der Waals surface area contributed by atoms with Gasteiger partial charge in [0, 0.05) is 44.4 Å². The van der Waals surface area contributed by atoms with E-state index in [9.17, 15) is 9.59 Å². The van der Waals surface area contributed by atoms with E-state index in [0.717, 1.165) is 42.9 Å². The van der Waals surface area contributed by atoms with E-state index in [1.165, 1.54) is 0 Å². The first-order valence-electron chi connectivity index (χ1n) is 7.52. The van der Waals surface area contributed by atoms with E-state index in [1.807, 2.05) is 25.8 Å². The first-order valence-corrected chi connectivity index (χ1v) is 7.52. The number of carbonyl (C=O) groups is 2. The summed E-state index contributed by atoms with van der Waals surface area (Å²) in [6, 6.07) is 0. The minimum atomic E-state index is 0.0157. The molecule has 2 amide bonds. The van der Waals surface area contributed by atoms with Gasteiger partial charge < -0.3 is 10.2 Å². The van der Waals surface area contributed by atoms with Gasteiger partial charge in [-0.2, -0.15) is 5.10 Å². The number of amides is 2. The SMILES string of the molecule is Cc1nn(C)c(C)c1CC(=O)NCCCN1CCCC1=O. The van der Waals surface area contributed by atoms with E-state index < -0.39 is 0 Å². The van der Waals surface area contributed by atoms with E-state index in [1.54, 1.807) is 4.68 Å². The zero-order chi connectivity index (χ0) is 15.4. The summed E-state index contributed by atoms with van der Waals surface area (Å²) < 4.78 is 1.80. The third-order valence-electron chi connectivity index (χ3n) is 4.09. The monoisotopic (exact) mass is 292 g/mol. The van der Waals surface area contributed by atoms with Gasteiger partial charge >= 0.3 is 0 Å². The second-order valence-corrected chi connectivity index (χ2v) is 5.64. The number of rotatable bonds is 6. The molecule has 2 rings (SSSR count). The molecule has 21 heavy (non-hydrogen) atoms. The van der Waals surface area contributed by atoms with Crippen molar-refractivity contribution in [1.82, 2.24) is 20.0 Å². The molecule has 1 fully saturated rings. The van der Waals surface area contributed by atoms with Crippen LogP contribution >= 0.6 is 0 Å². The van der Waals surface area contributed by atoms with Crippen LogP contribution in [0.25, 0.3) is 0 Å². The van der Waals surface area contributed by atoms with Crippen molar-refractivity contribution in [2.24, 2.45) is 7.05 Å². The first-order chi connectivity index (χ1) is 9.99. The average Bonchev–Trinajstić information content (AvgIpc) is 2.94. The highest BCUT2D eigenvalue weighted by Crippen LogP contribution is 2.12. The molecule has 0 aromatic carbocycles. The van der Waals surface area contributed by atoms with Gasteiger partial charge in [-0.1, -0.05) is 0 Å². The minimum Gasteiger partial charge on any atom is -0.356 e. The number of carbonyl (C=O) groups excluding carboxylic acids is 2.